The molecule has 14 heavy (non-hydrogen) atoms. The Bertz CT molecular complexity index is 271. The molecule has 2 N–H and O–H groups in total. The Balaban J connectivity index is 2.53. The highest BCUT2D eigenvalue weighted by atomic mass is 32.1. The summed E-state index contributed by atoms with van der Waals surface area (Å²) >= 11 is 1.16. The molecule has 0 spiro atoms. The smallest absolute Gasteiger partial charge is 0.387 e. The van der Waals surface area contributed by atoms with Gasteiger partial charge in [0.05, 0.1) is 6.10 Å². The van der Waals surface area contributed by atoms with Crippen molar-refractivity contribution in [1.29, 1.82) is 0 Å². The van der Waals surface area contributed by atoms with Crippen molar-refractivity contribution in [3.05, 3.63) is 22.4 Å². The van der Waals surface area contributed by atoms with Gasteiger partial charge in [0, 0.05) is 11.3 Å². The minimum Gasteiger partial charge on any atom is -0.387 e. The fourth-order valence-corrected chi connectivity index (χ4v) is 1.67. The van der Waals surface area contributed by atoms with Gasteiger partial charge in [-0.2, -0.15) is 13.2 Å². The van der Waals surface area contributed by atoms with Crippen molar-refractivity contribution in [2.24, 2.45) is 0 Å². The monoisotopic (exact) mass is 226 g/mol. The number of rotatable bonds is 3. The Kier molecular flexibility index (Phi) is 3.52. The molecule has 0 bridgehead atoms. The van der Waals surface area contributed by atoms with Crippen LogP contribution in [-0.2, 0) is 0 Å². The molecule has 1 aromatic rings. The molecule has 2 unspecified atom stereocenters. The van der Waals surface area contributed by atoms with Gasteiger partial charge < -0.3 is 10.2 Å². The first kappa shape index (κ1) is 11.5. The van der Waals surface area contributed by atoms with Crippen LogP contribution in [0.5, 0.6) is 0 Å². The van der Waals surface area contributed by atoms with E-state index in [1.54, 1.807) is 11.4 Å². The molecule has 6 heteroatoms. The zero-order valence-corrected chi connectivity index (χ0v) is 7.85. The van der Waals surface area contributed by atoms with Crippen molar-refractivity contribution in [2.75, 3.05) is 0 Å². The molecule has 0 amide bonds. The van der Waals surface area contributed by atoms with Crippen molar-refractivity contribution in [3.63, 3.8) is 0 Å². The average Bonchev–Trinajstić information content (AvgIpc) is 2.53. The lowest BCUT2D eigenvalue weighted by Gasteiger charge is -2.17. The molecule has 2 nitrogen and oxygen atoms in total. The summed E-state index contributed by atoms with van der Waals surface area (Å²) < 4.78 is 35.7. The fourth-order valence-electron chi connectivity index (χ4n) is 0.942. The van der Waals surface area contributed by atoms with Gasteiger partial charge in [0.2, 0.25) is 0 Å². The molecule has 0 fully saturated rings. The first-order chi connectivity index (χ1) is 6.41. The molecule has 0 aliphatic rings. The highest BCUT2D eigenvalue weighted by Gasteiger charge is 2.39. The summed E-state index contributed by atoms with van der Waals surface area (Å²) in [5.74, 6) is 0. The van der Waals surface area contributed by atoms with Gasteiger partial charge in [-0.3, -0.25) is 0 Å². The van der Waals surface area contributed by atoms with Crippen LogP contribution in [0.1, 0.15) is 17.4 Å². The van der Waals surface area contributed by atoms with Crippen LogP contribution in [0.3, 0.4) is 0 Å². The summed E-state index contributed by atoms with van der Waals surface area (Å²) in [5, 5.41) is 19.6. The van der Waals surface area contributed by atoms with Gasteiger partial charge in [0.1, 0.15) is 0 Å². The number of thiophene rings is 1. The Morgan fingerprint density at radius 1 is 1.36 bits per heavy atom. The topological polar surface area (TPSA) is 40.5 Å². The first-order valence-electron chi connectivity index (χ1n) is 3.87. The maximum atomic E-state index is 11.9. The molecule has 0 saturated heterocycles. The average molecular weight is 226 g/mol. The second-order valence-corrected chi connectivity index (χ2v) is 3.80. The molecule has 1 aromatic heterocycles. The van der Waals surface area contributed by atoms with Gasteiger partial charge in [-0.15, -0.1) is 11.3 Å². The van der Waals surface area contributed by atoms with E-state index >= 15 is 0 Å². The molecule has 2 atom stereocenters. The van der Waals surface area contributed by atoms with E-state index in [0.717, 1.165) is 11.3 Å². The van der Waals surface area contributed by atoms with E-state index in [1.807, 2.05) is 0 Å². The van der Waals surface area contributed by atoms with E-state index in [9.17, 15) is 18.3 Å². The second kappa shape index (κ2) is 4.29. The SMILES string of the molecule is OC(CC(O)C(F)(F)F)c1cccs1. The van der Waals surface area contributed by atoms with E-state index < -0.39 is 24.8 Å². The van der Waals surface area contributed by atoms with Crippen LogP contribution in [-0.4, -0.2) is 22.5 Å². The molecule has 0 aliphatic carbocycles. The number of hydrogen-bond acceptors (Lipinski definition) is 3. The normalized spacial score (nSPS) is 16.6. The van der Waals surface area contributed by atoms with Gasteiger partial charge in [0.15, 0.2) is 6.10 Å². The Morgan fingerprint density at radius 3 is 2.43 bits per heavy atom. The molecule has 0 aliphatic heterocycles. The van der Waals surface area contributed by atoms with Gasteiger partial charge >= 0.3 is 6.18 Å². The van der Waals surface area contributed by atoms with Crippen LogP contribution in [0.25, 0.3) is 0 Å². The molecule has 0 aromatic carbocycles. The Morgan fingerprint density at radius 2 is 2.00 bits per heavy atom. The summed E-state index contributed by atoms with van der Waals surface area (Å²) in [7, 11) is 0. The van der Waals surface area contributed by atoms with E-state index in [-0.39, 0.29) is 0 Å². The van der Waals surface area contributed by atoms with Crippen LogP contribution in [0, 0.1) is 0 Å². The second-order valence-electron chi connectivity index (χ2n) is 2.82. The summed E-state index contributed by atoms with van der Waals surface area (Å²) in [5.41, 5.74) is 0. The molecule has 1 rings (SSSR count). The van der Waals surface area contributed by atoms with Crippen molar-refractivity contribution in [1.82, 2.24) is 0 Å². The van der Waals surface area contributed by atoms with Crippen LogP contribution in [0.15, 0.2) is 17.5 Å². The van der Waals surface area contributed by atoms with Gasteiger partial charge in [0.25, 0.3) is 0 Å². The van der Waals surface area contributed by atoms with Gasteiger partial charge in [-0.1, -0.05) is 6.07 Å². The zero-order chi connectivity index (χ0) is 10.8. The lowest BCUT2D eigenvalue weighted by molar-refractivity contribution is -0.211. The highest BCUT2D eigenvalue weighted by Crippen LogP contribution is 2.29. The number of halogens is 3. The maximum absolute atomic E-state index is 11.9. The number of aliphatic hydroxyl groups is 2. The third-order valence-electron chi connectivity index (χ3n) is 1.70. The quantitative estimate of drug-likeness (QED) is 0.828. The third kappa shape index (κ3) is 2.97. The van der Waals surface area contributed by atoms with Crippen molar-refractivity contribution >= 4 is 11.3 Å². The van der Waals surface area contributed by atoms with Crippen molar-refractivity contribution in [3.8, 4) is 0 Å². The fraction of sp³-hybridized carbons (Fsp3) is 0.500. The van der Waals surface area contributed by atoms with Crippen LogP contribution < -0.4 is 0 Å². The zero-order valence-electron chi connectivity index (χ0n) is 7.03. The summed E-state index contributed by atoms with van der Waals surface area (Å²) in [6.45, 7) is 0. The Labute approximate surface area is 82.6 Å². The van der Waals surface area contributed by atoms with Crippen LogP contribution in [0.2, 0.25) is 0 Å². The number of alkyl halides is 3. The van der Waals surface area contributed by atoms with E-state index in [1.165, 1.54) is 6.07 Å². The molecule has 0 saturated carbocycles. The summed E-state index contributed by atoms with van der Waals surface area (Å²) in [6.07, 6.45) is -9.12. The number of aliphatic hydroxyl groups excluding tert-OH is 2. The molecular weight excluding hydrogens is 217 g/mol. The van der Waals surface area contributed by atoms with Crippen LogP contribution in [0.4, 0.5) is 13.2 Å². The third-order valence-corrected chi connectivity index (χ3v) is 2.67. The van der Waals surface area contributed by atoms with Crippen molar-refractivity contribution < 1.29 is 23.4 Å². The highest BCUT2D eigenvalue weighted by molar-refractivity contribution is 7.10. The first-order valence-corrected chi connectivity index (χ1v) is 4.75. The standard InChI is InChI=1S/C8H9F3O2S/c9-8(10,11)7(13)4-5(12)6-2-1-3-14-6/h1-3,5,7,12-13H,4H2. The van der Waals surface area contributed by atoms with Crippen molar-refractivity contribution in [2.45, 2.75) is 24.8 Å². The van der Waals surface area contributed by atoms with Gasteiger partial charge in [-0.25, -0.2) is 0 Å². The molecular formula is C8H9F3O2S. The van der Waals surface area contributed by atoms with E-state index in [0.29, 0.717) is 4.88 Å². The predicted molar refractivity (Wildman–Crippen MR) is 46.0 cm³/mol. The van der Waals surface area contributed by atoms with Crippen LogP contribution >= 0.6 is 11.3 Å². The molecule has 80 valence electrons. The molecule has 1 heterocycles. The minimum absolute atomic E-state index is 0.424. The molecule has 0 radical (unpaired) electrons. The van der Waals surface area contributed by atoms with E-state index in [4.69, 9.17) is 5.11 Å². The lowest BCUT2D eigenvalue weighted by atomic mass is 10.1. The van der Waals surface area contributed by atoms with Gasteiger partial charge in [-0.05, 0) is 11.4 Å². The lowest BCUT2D eigenvalue weighted by Crippen LogP contribution is -2.30. The predicted octanol–water partition coefficient (Wildman–Crippen LogP) is 2.09. The van der Waals surface area contributed by atoms with E-state index in [2.05, 4.69) is 0 Å². The summed E-state index contributed by atoms with van der Waals surface area (Å²) in [4.78, 5) is 0.424. The summed E-state index contributed by atoms with van der Waals surface area (Å²) in [6, 6.07) is 3.15. The maximum Gasteiger partial charge on any atom is 0.414 e. The number of hydrogen-bond donors (Lipinski definition) is 2. The Hall–Kier alpha value is -0.590. The minimum atomic E-state index is -4.67. The largest absolute Gasteiger partial charge is 0.414 e.